The molecule has 2 aliphatic heterocycles. The number of carbonyl (C=O) groups is 1. The number of nitro groups is 1. The molecule has 8 rings (SSSR count). The van der Waals surface area contributed by atoms with E-state index < -0.39 is 74.8 Å². The van der Waals surface area contributed by atoms with Crippen LogP contribution in [0.3, 0.4) is 0 Å². The summed E-state index contributed by atoms with van der Waals surface area (Å²) in [6.07, 6.45) is 6.12. The molecule has 0 saturated carbocycles. The fourth-order valence-corrected chi connectivity index (χ4v) is 8.63. The number of H-pyrrole nitrogens is 1. The number of aromatic amines is 1. The van der Waals surface area contributed by atoms with Gasteiger partial charge in [-0.3, -0.25) is 24.7 Å². The predicted molar refractivity (Wildman–Crippen MR) is 236 cm³/mol. The van der Waals surface area contributed by atoms with Crippen molar-refractivity contribution in [2.75, 3.05) is 75.7 Å². The molecule has 17 heteroatoms. The number of nitro benzene ring substituents is 1. The van der Waals surface area contributed by atoms with Gasteiger partial charge in [0.2, 0.25) is 0 Å². The Hall–Kier alpha value is -5.52. The molecule has 0 unspecified atom stereocenters. The van der Waals surface area contributed by atoms with Gasteiger partial charge in [0, 0.05) is 85.6 Å². The number of nitrogens with zero attached hydrogens (tertiary/aromatic N) is 5. The quantitative estimate of drug-likeness (QED) is 0.0785. The summed E-state index contributed by atoms with van der Waals surface area (Å²) in [5, 5.41) is 15.6. The number of hydrogen-bond acceptors (Lipinski definition) is 12. The number of sulfonamides is 1. The highest BCUT2D eigenvalue weighted by Gasteiger charge is 2.30. The highest BCUT2D eigenvalue weighted by atomic mass is 35.5. The second-order valence-corrected chi connectivity index (χ2v) is 17.7. The van der Waals surface area contributed by atoms with Gasteiger partial charge in [-0.1, -0.05) is 43.2 Å². The monoisotopic (exact) mass is 878 g/mol. The van der Waals surface area contributed by atoms with E-state index in [1.807, 2.05) is 22.2 Å². The van der Waals surface area contributed by atoms with Gasteiger partial charge in [0.15, 0.2) is 0 Å². The van der Waals surface area contributed by atoms with Crippen LogP contribution in [-0.2, 0) is 14.8 Å². The summed E-state index contributed by atoms with van der Waals surface area (Å²) < 4.78 is 122. The van der Waals surface area contributed by atoms with E-state index in [-0.39, 0.29) is 22.5 Å². The van der Waals surface area contributed by atoms with Crippen molar-refractivity contribution in [3.05, 3.63) is 117 Å². The van der Waals surface area contributed by atoms with Crippen molar-refractivity contribution in [3.8, 4) is 11.5 Å². The minimum Gasteiger partial charge on any atom is -0.455 e. The molecule has 61 heavy (non-hydrogen) atoms. The number of carbonyl (C=O) groups excluding carboxylic acids is 1. The van der Waals surface area contributed by atoms with Crippen LogP contribution in [0, 0.1) is 15.5 Å². The van der Waals surface area contributed by atoms with E-state index in [4.69, 9.17) is 30.0 Å². The number of nitrogens with one attached hydrogen (secondary N) is 3. The number of rotatable bonds is 13. The number of fused-ring (bicyclic) bond motifs is 1. The standard InChI is InChI=1S/C44H49ClN8O7S/c1-44(2)13-11-32(38(26-44)30-3-5-33(45)6-4-30)28-50-15-17-52(18-16-50)34-7-9-37(41(24-34)60-35-23-31-12-14-46-42(31)47-27-35)43(54)49-61(57,58)36-8-10-39(40(25-36)53(55)56)48-29-51-19-21-59-22-20-51/h3-10,12,14,23-25,27,48H,11,13,15-22,26,28-29H2,1-2H3,(H,46,47)(H,49,54)/i19D2,20D2,21D2,22D2,29D2. The molecule has 1 aliphatic carbocycles. The summed E-state index contributed by atoms with van der Waals surface area (Å²) >= 11 is 6.23. The fraction of sp³-hybridized carbons (Fsp3) is 0.364. The molecule has 3 aromatic carbocycles. The van der Waals surface area contributed by atoms with Gasteiger partial charge in [0.05, 0.1) is 49.5 Å². The molecule has 0 atom stereocenters. The van der Waals surface area contributed by atoms with Crippen LogP contribution in [0.1, 0.15) is 62.7 Å². The third-order valence-corrected chi connectivity index (χ3v) is 12.3. The first-order valence-electron chi connectivity index (χ1n) is 24.3. The first-order chi connectivity index (χ1) is 33.0. The molecule has 4 heterocycles. The topological polar surface area (TPSA) is 175 Å². The summed E-state index contributed by atoms with van der Waals surface area (Å²) in [5.41, 5.74) is 3.11. The van der Waals surface area contributed by atoms with Gasteiger partial charge >= 0.3 is 0 Å². The Morgan fingerprint density at radius 3 is 2.57 bits per heavy atom. The number of aromatic nitrogens is 2. The summed E-state index contributed by atoms with van der Waals surface area (Å²) in [4.78, 5) is 35.8. The zero-order valence-corrected chi connectivity index (χ0v) is 34.7. The van der Waals surface area contributed by atoms with Crippen LogP contribution in [0.25, 0.3) is 16.6 Å². The van der Waals surface area contributed by atoms with Gasteiger partial charge in [0.1, 0.15) is 22.8 Å². The SMILES string of the molecule is [2H]C([2H])(Nc1ccc(S(=O)(=O)NC(=O)c2ccc(N3CCN(CC4=C(c5ccc(Cl)cc5)CC(C)(C)CC4)CC3)cc2Oc2cnc3[nH]ccc3c2)cc1[N+](=O)[O-])N1C([2H])([2H])C([2H])([2H])OC([2H])([2H])C1([2H])[2H]. The molecule has 1 amide bonds. The summed E-state index contributed by atoms with van der Waals surface area (Å²) in [7, 11) is -4.97. The Balaban J connectivity index is 1.03. The summed E-state index contributed by atoms with van der Waals surface area (Å²) in [6.45, 7) is -10.4. The van der Waals surface area contributed by atoms with E-state index in [1.165, 1.54) is 29.0 Å². The summed E-state index contributed by atoms with van der Waals surface area (Å²) in [5.74, 6) is -1.00. The molecular weight excluding hydrogens is 820 g/mol. The number of piperazine rings is 1. The van der Waals surface area contributed by atoms with Crippen LogP contribution >= 0.6 is 11.6 Å². The first kappa shape index (κ1) is 31.3. The fourth-order valence-electron chi connectivity index (χ4n) is 7.51. The molecular formula is C44H49ClN8O7S. The van der Waals surface area contributed by atoms with Gasteiger partial charge in [-0.15, -0.1) is 0 Å². The zero-order valence-electron chi connectivity index (χ0n) is 43.1. The Bertz CT molecular complexity index is 3020. The number of morpholine rings is 1. The number of ether oxygens (including phenoxy) is 2. The minimum atomic E-state index is -4.97. The van der Waals surface area contributed by atoms with Crippen LogP contribution < -0.4 is 19.7 Å². The Labute approximate surface area is 373 Å². The van der Waals surface area contributed by atoms with Crippen LogP contribution in [0.4, 0.5) is 17.1 Å². The molecule has 2 fully saturated rings. The highest BCUT2D eigenvalue weighted by Crippen LogP contribution is 2.43. The lowest BCUT2D eigenvalue weighted by Gasteiger charge is -2.39. The van der Waals surface area contributed by atoms with E-state index in [0.717, 1.165) is 45.0 Å². The number of pyridine rings is 1. The molecule has 2 saturated heterocycles. The van der Waals surface area contributed by atoms with E-state index >= 15 is 0 Å². The van der Waals surface area contributed by atoms with Crippen LogP contribution in [0.5, 0.6) is 11.5 Å². The smallest absolute Gasteiger partial charge is 0.293 e. The van der Waals surface area contributed by atoms with E-state index in [1.54, 1.807) is 30.5 Å². The molecule has 0 bridgehead atoms. The lowest BCUT2D eigenvalue weighted by Crippen LogP contribution is -2.47. The van der Waals surface area contributed by atoms with Crippen molar-refractivity contribution >= 4 is 61.2 Å². The van der Waals surface area contributed by atoms with Crippen LogP contribution in [0.15, 0.2) is 95.7 Å². The number of anilines is 2. The van der Waals surface area contributed by atoms with Gasteiger partial charge in [0.25, 0.3) is 21.6 Å². The van der Waals surface area contributed by atoms with Gasteiger partial charge < -0.3 is 24.7 Å². The van der Waals surface area contributed by atoms with Crippen molar-refractivity contribution < 1.29 is 41.3 Å². The lowest BCUT2D eigenvalue weighted by molar-refractivity contribution is -0.384. The molecule has 320 valence electrons. The first-order valence-corrected chi connectivity index (χ1v) is 21.2. The maximum absolute atomic E-state index is 14.0. The Morgan fingerprint density at radius 2 is 1.82 bits per heavy atom. The van der Waals surface area contributed by atoms with Crippen LogP contribution in [0.2, 0.25) is 5.02 Å². The Morgan fingerprint density at radius 1 is 1.05 bits per heavy atom. The molecule has 3 aliphatic rings. The number of amides is 1. The van der Waals surface area contributed by atoms with Crippen molar-refractivity contribution in [1.82, 2.24) is 24.5 Å². The van der Waals surface area contributed by atoms with Gasteiger partial charge in [-0.05, 0) is 84.3 Å². The third-order valence-electron chi connectivity index (χ3n) is 10.8. The zero-order chi connectivity index (χ0) is 51.7. The normalized spacial score (nSPS) is 23.6. The highest BCUT2D eigenvalue weighted by molar-refractivity contribution is 7.90. The maximum Gasteiger partial charge on any atom is 0.293 e. The molecule has 5 aromatic rings. The number of halogens is 1. The molecule has 15 nitrogen and oxygen atoms in total. The average Bonchev–Trinajstić information content (AvgIpc) is 3.74. The maximum atomic E-state index is 14.0. The average molecular weight is 880 g/mol. The molecule has 0 spiro atoms. The van der Waals surface area contributed by atoms with Gasteiger partial charge in [-0.2, -0.15) is 0 Å². The lowest BCUT2D eigenvalue weighted by atomic mass is 9.72. The Kier molecular flexibility index (Phi) is 9.16. The second-order valence-electron chi connectivity index (χ2n) is 15.5. The van der Waals surface area contributed by atoms with Crippen molar-refractivity contribution in [1.29, 1.82) is 0 Å². The van der Waals surface area contributed by atoms with E-state index in [9.17, 15) is 23.3 Å². The second kappa shape index (κ2) is 17.8. The van der Waals surface area contributed by atoms with Gasteiger partial charge in [-0.25, -0.2) is 18.1 Å². The summed E-state index contributed by atoms with van der Waals surface area (Å²) in [6, 6.07) is 18.0. The third kappa shape index (κ3) is 10.0. The number of benzene rings is 3. The van der Waals surface area contributed by atoms with Crippen molar-refractivity contribution in [2.24, 2.45) is 5.41 Å². The van der Waals surface area contributed by atoms with E-state index in [0.29, 0.717) is 47.0 Å². The predicted octanol–water partition coefficient (Wildman–Crippen LogP) is 7.52. The van der Waals surface area contributed by atoms with Crippen molar-refractivity contribution in [2.45, 2.75) is 38.0 Å². The largest absolute Gasteiger partial charge is 0.455 e. The van der Waals surface area contributed by atoms with E-state index in [2.05, 4.69) is 50.5 Å². The van der Waals surface area contributed by atoms with Crippen molar-refractivity contribution in [3.63, 3.8) is 0 Å². The number of allylic oxidation sites excluding steroid dienone is 1. The van der Waals surface area contributed by atoms with Crippen LogP contribution in [-0.4, -0.2) is 104 Å². The molecule has 2 aromatic heterocycles. The molecule has 0 radical (unpaired) electrons. The number of hydrogen-bond donors (Lipinski definition) is 3. The molecule has 3 N–H and O–H groups in total. The minimum absolute atomic E-state index is 0.0405.